The summed E-state index contributed by atoms with van der Waals surface area (Å²) in [6.45, 7) is 1.41. The number of carboxylic acids is 1. The minimum absolute atomic E-state index is 0.0164. The third kappa shape index (κ3) is 3.32. The zero-order valence-electron chi connectivity index (χ0n) is 11.0. The van der Waals surface area contributed by atoms with Gasteiger partial charge in [-0.1, -0.05) is 18.2 Å². The van der Waals surface area contributed by atoms with Gasteiger partial charge in [0, 0.05) is 19.3 Å². The van der Waals surface area contributed by atoms with Crippen molar-refractivity contribution in [3.63, 3.8) is 0 Å². The molecule has 1 amide bonds. The molecule has 1 atom stereocenters. The summed E-state index contributed by atoms with van der Waals surface area (Å²) in [5.74, 6) is -1.13. The number of anilines is 1. The van der Waals surface area contributed by atoms with Crippen molar-refractivity contribution in [1.29, 1.82) is 0 Å². The first-order valence-electron chi connectivity index (χ1n) is 6.34. The topological polar surface area (TPSA) is 60.9 Å². The lowest BCUT2D eigenvalue weighted by molar-refractivity contribution is -0.141. The molecule has 0 spiro atoms. The molecular formula is C14H18N2O3. The standard InChI is InChI=1S/C14H18N2O3/c1-15(12-5-3-2-4-6-12)13(17)10-16-8-7-11(9-16)14(18)19/h2-6,11H,7-10H2,1H3,(H,18,19). The predicted molar refractivity (Wildman–Crippen MR) is 72.0 cm³/mol. The Morgan fingerprint density at radius 1 is 1.37 bits per heavy atom. The van der Waals surface area contributed by atoms with E-state index < -0.39 is 5.97 Å². The Kier molecular flexibility index (Phi) is 4.16. The molecule has 19 heavy (non-hydrogen) atoms. The number of likely N-dealkylation sites (N-methyl/N-ethyl adjacent to an activating group) is 1. The Labute approximate surface area is 112 Å². The molecular weight excluding hydrogens is 244 g/mol. The Balaban J connectivity index is 1.90. The van der Waals surface area contributed by atoms with Crippen LogP contribution >= 0.6 is 0 Å². The first kappa shape index (κ1) is 13.5. The van der Waals surface area contributed by atoms with Gasteiger partial charge in [0.25, 0.3) is 0 Å². The lowest BCUT2D eigenvalue weighted by Crippen LogP contribution is -2.37. The Bertz CT molecular complexity index is 461. The number of carbonyl (C=O) groups is 2. The summed E-state index contributed by atoms with van der Waals surface area (Å²) in [5, 5.41) is 8.93. The number of amides is 1. The third-order valence-corrected chi connectivity index (χ3v) is 3.50. The van der Waals surface area contributed by atoms with E-state index in [4.69, 9.17) is 5.11 Å². The summed E-state index contributed by atoms with van der Waals surface area (Å²) in [4.78, 5) is 26.5. The SMILES string of the molecule is CN(C(=O)CN1CCC(C(=O)O)C1)c1ccccc1. The van der Waals surface area contributed by atoms with Crippen molar-refractivity contribution in [2.45, 2.75) is 6.42 Å². The monoisotopic (exact) mass is 262 g/mol. The van der Waals surface area contributed by atoms with Crippen LogP contribution in [0.2, 0.25) is 0 Å². The summed E-state index contributed by atoms with van der Waals surface area (Å²) in [6, 6.07) is 9.43. The summed E-state index contributed by atoms with van der Waals surface area (Å²) < 4.78 is 0. The zero-order chi connectivity index (χ0) is 13.8. The number of rotatable bonds is 4. The van der Waals surface area contributed by atoms with Crippen molar-refractivity contribution in [2.75, 3.05) is 31.6 Å². The minimum Gasteiger partial charge on any atom is -0.481 e. The van der Waals surface area contributed by atoms with Crippen molar-refractivity contribution < 1.29 is 14.7 Å². The van der Waals surface area contributed by atoms with Gasteiger partial charge in [-0.15, -0.1) is 0 Å². The lowest BCUT2D eigenvalue weighted by atomic mass is 10.1. The van der Waals surface area contributed by atoms with Crippen LogP contribution in [0.25, 0.3) is 0 Å². The van der Waals surface area contributed by atoms with Crippen LogP contribution in [0.3, 0.4) is 0 Å². The van der Waals surface area contributed by atoms with Crippen molar-refractivity contribution >= 4 is 17.6 Å². The van der Waals surface area contributed by atoms with Gasteiger partial charge in [0.1, 0.15) is 0 Å². The number of carboxylic acid groups (broad SMARTS) is 1. The average molecular weight is 262 g/mol. The fourth-order valence-electron chi connectivity index (χ4n) is 2.27. The molecule has 102 valence electrons. The van der Waals surface area contributed by atoms with Gasteiger partial charge in [-0.05, 0) is 25.1 Å². The molecule has 0 saturated carbocycles. The second-order valence-corrected chi connectivity index (χ2v) is 4.85. The highest BCUT2D eigenvalue weighted by molar-refractivity contribution is 5.94. The van der Waals surface area contributed by atoms with E-state index in [1.54, 1.807) is 11.9 Å². The third-order valence-electron chi connectivity index (χ3n) is 3.50. The number of nitrogens with zero attached hydrogens (tertiary/aromatic N) is 2. The molecule has 1 aromatic rings. The molecule has 5 heteroatoms. The van der Waals surface area contributed by atoms with E-state index >= 15 is 0 Å². The van der Waals surface area contributed by atoms with Gasteiger partial charge < -0.3 is 10.0 Å². The molecule has 1 aliphatic rings. The average Bonchev–Trinajstić information content (AvgIpc) is 2.87. The number of carbonyl (C=O) groups excluding carboxylic acids is 1. The molecule has 1 aliphatic heterocycles. The largest absolute Gasteiger partial charge is 0.481 e. The van der Waals surface area contributed by atoms with Crippen LogP contribution in [-0.4, -0.2) is 48.6 Å². The fraction of sp³-hybridized carbons (Fsp3) is 0.429. The second kappa shape index (κ2) is 5.84. The number of hydrogen-bond acceptors (Lipinski definition) is 3. The molecule has 5 nitrogen and oxygen atoms in total. The Morgan fingerprint density at radius 2 is 2.05 bits per heavy atom. The number of aliphatic carboxylic acids is 1. The van der Waals surface area contributed by atoms with Crippen LogP contribution in [0.5, 0.6) is 0 Å². The van der Waals surface area contributed by atoms with Crippen LogP contribution < -0.4 is 4.90 Å². The first-order valence-corrected chi connectivity index (χ1v) is 6.34. The van der Waals surface area contributed by atoms with Gasteiger partial charge in [0.05, 0.1) is 12.5 Å². The Hall–Kier alpha value is -1.88. The normalized spacial score (nSPS) is 19.3. The van der Waals surface area contributed by atoms with Crippen molar-refractivity contribution in [3.8, 4) is 0 Å². The number of benzene rings is 1. The highest BCUT2D eigenvalue weighted by atomic mass is 16.4. The zero-order valence-corrected chi connectivity index (χ0v) is 11.0. The molecule has 1 aromatic carbocycles. The highest BCUT2D eigenvalue weighted by Crippen LogP contribution is 2.17. The number of para-hydroxylation sites is 1. The Morgan fingerprint density at radius 3 is 2.63 bits per heavy atom. The van der Waals surface area contributed by atoms with Crippen molar-refractivity contribution in [1.82, 2.24) is 4.90 Å². The molecule has 1 saturated heterocycles. The predicted octanol–water partition coefficient (Wildman–Crippen LogP) is 1.06. The number of likely N-dealkylation sites (tertiary alicyclic amines) is 1. The van der Waals surface area contributed by atoms with Gasteiger partial charge in [-0.3, -0.25) is 14.5 Å². The maximum absolute atomic E-state index is 12.1. The maximum Gasteiger partial charge on any atom is 0.307 e. The van der Waals surface area contributed by atoms with Crippen LogP contribution in [0.15, 0.2) is 30.3 Å². The second-order valence-electron chi connectivity index (χ2n) is 4.85. The molecule has 0 aliphatic carbocycles. The molecule has 2 rings (SSSR count). The van der Waals surface area contributed by atoms with Crippen LogP contribution in [0.1, 0.15) is 6.42 Å². The summed E-state index contributed by atoms with van der Waals surface area (Å²) in [7, 11) is 1.74. The van der Waals surface area contributed by atoms with E-state index in [9.17, 15) is 9.59 Å². The van der Waals surface area contributed by atoms with Crippen molar-refractivity contribution in [2.24, 2.45) is 5.92 Å². The molecule has 0 bridgehead atoms. The molecule has 1 N–H and O–H groups in total. The smallest absolute Gasteiger partial charge is 0.307 e. The summed E-state index contributed by atoms with van der Waals surface area (Å²) >= 11 is 0. The van der Waals surface area contributed by atoms with Gasteiger partial charge in [-0.25, -0.2) is 0 Å². The van der Waals surface area contributed by atoms with E-state index in [0.717, 1.165) is 5.69 Å². The summed E-state index contributed by atoms with van der Waals surface area (Å²) in [6.07, 6.45) is 0.623. The van der Waals surface area contributed by atoms with Crippen LogP contribution in [0, 0.1) is 5.92 Å². The van der Waals surface area contributed by atoms with Gasteiger partial charge in [0.15, 0.2) is 0 Å². The molecule has 1 heterocycles. The maximum atomic E-state index is 12.1. The van der Waals surface area contributed by atoms with Gasteiger partial charge in [-0.2, -0.15) is 0 Å². The number of hydrogen-bond donors (Lipinski definition) is 1. The van der Waals surface area contributed by atoms with E-state index in [0.29, 0.717) is 19.5 Å². The fourth-order valence-corrected chi connectivity index (χ4v) is 2.27. The van der Waals surface area contributed by atoms with E-state index in [-0.39, 0.29) is 18.4 Å². The van der Waals surface area contributed by atoms with E-state index in [1.807, 2.05) is 35.2 Å². The van der Waals surface area contributed by atoms with Gasteiger partial charge >= 0.3 is 5.97 Å². The first-order chi connectivity index (χ1) is 9.08. The molecule has 0 aromatic heterocycles. The molecule has 1 fully saturated rings. The van der Waals surface area contributed by atoms with Crippen LogP contribution in [0.4, 0.5) is 5.69 Å². The molecule has 0 radical (unpaired) electrons. The van der Waals surface area contributed by atoms with Crippen LogP contribution in [-0.2, 0) is 9.59 Å². The van der Waals surface area contributed by atoms with E-state index in [1.165, 1.54) is 0 Å². The van der Waals surface area contributed by atoms with Crippen molar-refractivity contribution in [3.05, 3.63) is 30.3 Å². The minimum atomic E-state index is -0.772. The van der Waals surface area contributed by atoms with Gasteiger partial charge in [0.2, 0.25) is 5.91 Å². The quantitative estimate of drug-likeness (QED) is 0.881. The highest BCUT2D eigenvalue weighted by Gasteiger charge is 2.29. The van der Waals surface area contributed by atoms with E-state index in [2.05, 4.69) is 0 Å². The molecule has 1 unspecified atom stereocenters. The summed E-state index contributed by atoms with van der Waals surface area (Å²) in [5.41, 5.74) is 0.849. The lowest BCUT2D eigenvalue weighted by Gasteiger charge is -2.21.